The van der Waals surface area contributed by atoms with E-state index >= 15 is 0 Å². The fourth-order valence-corrected chi connectivity index (χ4v) is 2.29. The summed E-state index contributed by atoms with van der Waals surface area (Å²) in [6.45, 7) is 2.61. The van der Waals surface area contributed by atoms with Crippen LogP contribution < -0.4 is 10.1 Å². The monoisotopic (exact) mass is 356 g/mol. The van der Waals surface area contributed by atoms with Crippen molar-refractivity contribution in [2.24, 2.45) is 0 Å². The third-order valence-corrected chi connectivity index (χ3v) is 3.29. The Bertz CT molecular complexity index is 650. The van der Waals surface area contributed by atoms with E-state index < -0.39 is 11.6 Å². The number of aryl methyl sites for hydroxylation is 1. The van der Waals surface area contributed by atoms with E-state index in [0.29, 0.717) is 11.0 Å². The van der Waals surface area contributed by atoms with Crippen LogP contribution in [-0.4, -0.2) is 12.0 Å². The first-order valence-corrected chi connectivity index (χ1v) is 7.29. The second-order valence-corrected chi connectivity index (χ2v) is 5.41. The molecule has 0 aliphatic carbocycles. The molecule has 0 saturated carbocycles. The molecule has 0 amide bonds. The van der Waals surface area contributed by atoms with Gasteiger partial charge in [-0.25, -0.2) is 9.37 Å². The van der Waals surface area contributed by atoms with Gasteiger partial charge < -0.3 is 10.1 Å². The summed E-state index contributed by atoms with van der Waals surface area (Å²) in [6.07, 6.45) is 0.725. The summed E-state index contributed by atoms with van der Waals surface area (Å²) in [4.78, 5) is 4.28. The van der Waals surface area contributed by atoms with Crippen molar-refractivity contribution < 1.29 is 13.5 Å². The molecule has 21 heavy (non-hydrogen) atoms. The summed E-state index contributed by atoms with van der Waals surface area (Å²) >= 11 is 3.11. The molecule has 112 valence electrons. The Morgan fingerprint density at radius 1 is 1.24 bits per heavy atom. The van der Waals surface area contributed by atoms with Gasteiger partial charge in [-0.05, 0) is 37.2 Å². The van der Waals surface area contributed by atoms with Gasteiger partial charge in [0.1, 0.15) is 0 Å². The van der Waals surface area contributed by atoms with E-state index in [1.165, 1.54) is 6.07 Å². The summed E-state index contributed by atoms with van der Waals surface area (Å²) in [5.41, 5.74) is 1.80. The first-order valence-electron chi connectivity index (χ1n) is 6.50. The van der Waals surface area contributed by atoms with Gasteiger partial charge in [-0.1, -0.05) is 22.9 Å². The lowest BCUT2D eigenvalue weighted by molar-refractivity contribution is 0.403. The van der Waals surface area contributed by atoms with Gasteiger partial charge in [0.05, 0.1) is 0 Å². The molecule has 1 N–H and O–H groups in total. The van der Waals surface area contributed by atoms with E-state index in [4.69, 9.17) is 4.74 Å². The van der Waals surface area contributed by atoms with E-state index in [9.17, 15) is 8.78 Å². The molecule has 2 aromatic rings. The first-order chi connectivity index (χ1) is 10.0. The Hall–Kier alpha value is -1.53. The summed E-state index contributed by atoms with van der Waals surface area (Å²) in [5.74, 6) is -1.95. The average molecular weight is 357 g/mol. The largest absolute Gasteiger partial charge is 0.436 e. The highest BCUT2D eigenvalue weighted by atomic mass is 79.9. The van der Waals surface area contributed by atoms with Crippen LogP contribution in [0.2, 0.25) is 0 Å². The normalized spacial score (nSPS) is 10.7. The number of nitrogens with zero attached hydrogens (tertiary/aromatic N) is 1. The van der Waals surface area contributed by atoms with Gasteiger partial charge in [0.15, 0.2) is 11.6 Å². The van der Waals surface area contributed by atoms with Crippen LogP contribution in [0.5, 0.6) is 11.6 Å². The van der Waals surface area contributed by atoms with Gasteiger partial charge >= 0.3 is 0 Å². The maximum Gasteiger partial charge on any atom is 0.219 e. The highest BCUT2D eigenvalue weighted by Crippen LogP contribution is 2.29. The Morgan fingerprint density at radius 2 is 2.00 bits per heavy atom. The van der Waals surface area contributed by atoms with Crippen molar-refractivity contribution >= 4 is 15.9 Å². The van der Waals surface area contributed by atoms with Crippen molar-refractivity contribution in [1.29, 1.82) is 0 Å². The minimum atomic E-state index is -1.03. The molecule has 0 aliphatic rings. The molecule has 3 nitrogen and oxygen atoms in total. The zero-order valence-electron chi connectivity index (χ0n) is 11.7. The van der Waals surface area contributed by atoms with E-state index in [-0.39, 0.29) is 11.6 Å². The number of halogens is 3. The van der Waals surface area contributed by atoms with Crippen LogP contribution in [0.3, 0.4) is 0 Å². The number of benzene rings is 1. The highest BCUT2D eigenvalue weighted by molar-refractivity contribution is 9.10. The molecule has 1 heterocycles. The molecule has 0 aliphatic heterocycles. The number of nitrogens with one attached hydrogen (secondary N) is 1. The van der Waals surface area contributed by atoms with E-state index in [0.717, 1.165) is 23.7 Å². The Balaban J connectivity index is 2.37. The van der Waals surface area contributed by atoms with Crippen LogP contribution in [0.25, 0.3) is 0 Å². The maximum absolute atomic E-state index is 13.7. The lowest BCUT2D eigenvalue weighted by Gasteiger charge is -2.10. The van der Waals surface area contributed by atoms with E-state index in [1.54, 1.807) is 6.07 Å². The fraction of sp³-hybridized carbons (Fsp3) is 0.267. The number of rotatable bonds is 5. The van der Waals surface area contributed by atoms with Crippen LogP contribution in [0.1, 0.15) is 18.2 Å². The zero-order chi connectivity index (χ0) is 15.4. The molecule has 0 radical (unpaired) electrons. The second kappa shape index (κ2) is 6.95. The quantitative estimate of drug-likeness (QED) is 0.815. The number of hydrogen-bond acceptors (Lipinski definition) is 3. The molecule has 0 atom stereocenters. The molecule has 1 aromatic heterocycles. The minimum Gasteiger partial charge on any atom is -0.436 e. The van der Waals surface area contributed by atoms with E-state index in [1.807, 2.05) is 20.0 Å². The lowest BCUT2D eigenvalue weighted by Crippen LogP contribution is -2.06. The molecule has 6 heteroatoms. The molecular weight excluding hydrogens is 342 g/mol. The van der Waals surface area contributed by atoms with Crippen molar-refractivity contribution in [2.45, 2.75) is 19.9 Å². The maximum atomic E-state index is 13.7. The Labute approximate surface area is 130 Å². The van der Waals surface area contributed by atoms with Crippen molar-refractivity contribution in [2.75, 3.05) is 7.05 Å². The van der Waals surface area contributed by atoms with Crippen LogP contribution >= 0.6 is 15.9 Å². The lowest BCUT2D eigenvalue weighted by atomic mass is 10.2. The molecular formula is C15H15BrF2N2O. The van der Waals surface area contributed by atoms with Gasteiger partial charge in [0.25, 0.3) is 0 Å². The Morgan fingerprint density at radius 3 is 2.67 bits per heavy atom. The molecule has 2 rings (SSSR count). The number of ether oxygens (including phenoxy) is 1. The summed E-state index contributed by atoms with van der Waals surface area (Å²) in [5, 5.41) is 3.03. The summed E-state index contributed by atoms with van der Waals surface area (Å²) < 4.78 is 32.9. The molecule has 1 aromatic carbocycles. The zero-order valence-corrected chi connectivity index (χ0v) is 13.3. The van der Waals surface area contributed by atoms with Crippen LogP contribution in [-0.2, 0) is 13.0 Å². The fourth-order valence-electron chi connectivity index (χ4n) is 1.88. The SMILES string of the molecule is CCc1cc(CNC)cc(Oc2cc(Br)cc(F)c2F)n1. The first kappa shape index (κ1) is 15.9. The number of pyridine rings is 1. The molecule has 0 bridgehead atoms. The smallest absolute Gasteiger partial charge is 0.219 e. The Kier molecular flexibility index (Phi) is 5.25. The van der Waals surface area contributed by atoms with Gasteiger partial charge in [-0.2, -0.15) is 4.39 Å². The van der Waals surface area contributed by atoms with Crippen LogP contribution in [0, 0.1) is 11.6 Å². The third kappa shape index (κ3) is 3.98. The molecule has 0 fully saturated rings. The highest BCUT2D eigenvalue weighted by Gasteiger charge is 2.13. The molecule has 0 saturated heterocycles. The standard InChI is InChI=1S/C15H15BrF2N2O/c1-3-11-4-9(8-19-2)5-14(20-11)21-13-7-10(16)6-12(17)15(13)18/h4-7,19H,3,8H2,1-2H3. The van der Waals surface area contributed by atoms with Gasteiger partial charge in [-0.3, -0.25) is 0 Å². The molecule has 0 unspecified atom stereocenters. The van der Waals surface area contributed by atoms with Gasteiger partial charge in [0, 0.05) is 22.8 Å². The van der Waals surface area contributed by atoms with Crippen LogP contribution in [0.4, 0.5) is 8.78 Å². The van der Waals surface area contributed by atoms with Gasteiger partial charge in [-0.15, -0.1) is 0 Å². The van der Waals surface area contributed by atoms with Crippen molar-refractivity contribution in [1.82, 2.24) is 10.3 Å². The predicted molar refractivity (Wildman–Crippen MR) is 80.5 cm³/mol. The summed E-state index contributed by atoms with van der Waals surface area (Å²) in [7, 11) is 1.83. The van der Waals surface area contributed by atoms with Crippen molar-refractivity contribution in [3.8, 4) is 11.6 Å². The predicted octanol–water partition coefficient (Wildman–Crippen LogP) is 4.20. The average Bonchev–Trinajstić information content (AvgIpc) is 2.44. The molecule has 0 spiro atoms. The minimum absolute atomic E-state index is 0.196. The third-order valence-electron chi connectivity index (χ3n) is 2.83. The van der Waals surface area contributed by atoms with Crippen molar-refractivity contribution in [3.05, 3.63) is 51.6 Å². The topological polar surface area (TPSA) is 34.1 Å². The van der Waals surface area contributed by atoms with E-state index in [2.05, 4.69) is 26.2 Å². The van der Waals surface area contributed by atoms with Gasteiger partial charge in [0.2, 0.25) is 11.7 Å². The second-order valence-electron chi connectivity index (χ2n) is 4.49. The number of hydrogen-bond donors (Lipinski definition) is 1. The van der Waals surface area contributed by atoms with Crippen molar-refractivity contribution in [3.63, 3.8) is 0 Å². The van der Waals surface area contributed by atoms with Crippen LogP contribution in [0.15, 0.2) is 28.7 Å². The summed E-state index contributed by atoms with van der Waals surface area (Å²) in [6, 6.07) is 6.07. The number of aromatic nitrogens is 1.